The highest BCUT2D eigenvalue weighted by atomic mass is 35.5. The van der Waals surface area contributed by atoms with Crippen LogP contribution in [0.4, 0.5) is 0 Å². The van der Waals surface area contributed by atoms with Crippen molar-refractivity contribution in [2.75, 3.05) is 0 Å². The Labute approximate surface area is 109 Å². The Bertz CT molecular complexity index is 654. The summed E-state index contributed by atoms with van der Waals surface area (Å²) in [5.41, 5.74) is 0.691. The van der Waals surface area contributed by atoms with Crippen molar-refractivity contribution in [3.63, 3.8) is 0 Å². The van der Waals surface area contributed by atoms with Gasteiger partial charge in [-0.25, -0.2) is 18.1 Å². The molecule has 18 heavy (non-hydrogen) atoms. The number of sulfonamides is 1. The normalized spacial score (nSPS) is 11.7. The average molecular weight is 288 g/mol. The Kier molecular flexibility index (Phi) is 3.65. The number of hydrogen-bond donors (Lipinski definition) is 1. The van der Waals surface area contributed by atoms with Crippen LogP contribution < -0.4 is 4.72 Å². The zero-order valence-electron chi connectivity index (χ0n) is 9.42. The van der Waals surface area contributed by atoms with Gasteiger partial charge < -0.3 is 4.52 Å². The quantitative estimate of drug-likeness (QED) is 0.862. The molecule has 0 saturated carbocycles. The van der Waals surface area contributed by atoms with Gasteiger partial charge in [-0.1, -0.05) is 16.8 Å². The molecule has 2 aromatic heterocycles. The third-order valence-electron chi connectivity index (χ3n) is 2.12. The molecule has 0 aliphatic heterocycles. The first-order chi connectivity index (χ1) is 8.47. The highest BCUT2D eigenvalue weighted by molar-refractivity contribution is 7.89. The van der Waals surface area contributed by atoms with E-state index in [2.05, 4.69) is 14.9 Å². The van der Waals surface area contributed by atoms with Gasteiger partial charge in [0.15, 0.2) is 5.76 Å². The average Bonchev–Trinajstić information content (AvgIpc) is 2.73. The molecule has 0 saturated heterocycles. The van der Waals surface area contributed by atoms with Gasteiger partial charge in [-0.2, -0.15) is 0 Å². The number of hydrogen-bond acceptors (Lipinski definition) is 5. The number of nitrogens with one attached hydrogen (secondary N) is 1. The summed E-state index contributed by atoms with van der Waals surface area (Å²) < 4.78 is 31.1. The molecule has 2 heterocycles. The fraction of sp³-hybridized carbons (Fsp3) is 0.200. The standard InChI is InChI=1S/C10H10ClN3O3S/c1-7-4-8(17-14-7)6-13-18(15,16)9-2-3-12-10(11)5-9/h2-5,13H,6H2,1H3. The molecule has 6 nitrogen and oxygen atoms in total. The van der Waals surface area contributed by atoms with Crippen molar-refractivity contribution in [1.29, 1.82) is 0 Å². The first-order valence-corrected chi connectivity index (χ1v) is 6.87. The molecule has 0 bridgehead atoms. The van der Waals surface area contributed by atoms with Gasteiger partial charge in [-0.3, -0.25) is 0 Å². The first kappa shape index (κ1) is 13.0. The van der Waals surface area contributed by atoms with Crippen molar-refractivity contribution in [1.82, 2.24) is 14.9 Å². The summed E-state index contributed by atoms with van der Waals surface area (Å²) in [5.74, 6) is 0.441. The molecule has 0 aromatic carbocycles. The molecular formula is C10H10ClN3O3S. The van der Waals surface area contributed by atoms with Crippen LogP contribution in [0.2, 0.25) is 5.15 Å². The molecule has 96 valence electrons. The lowest BCUT2D eigenvalue weighted by atomic mass is 10.4. The predicted molar refractivity (Wildman–Crippen MR) is 64.5 cm³/mol. The van der Waals surface area contributed by atoms with Crippen LogP contribution in [0.1, 0.15) is 11.5 Å². The summed E-state index contributed by atoms with van der Waals surface area (Å²) in [4.78, 5) is 3.77. The molecule has 0 amide bonds. The Morgan fingerprint density at radius 2 is 2.22 bits per heavy atom. The molecule has 0 radical (unpaired) electrons. The van der Waals surface area contributed by atoms with Crippen molar-refractivity contribution in [3.8, 4) is 0 Å². The van der Waals surface area contributed by atoms with Crippen molar-refractivity contribution in [2.24, 2.45) is 0 Å². The summed E-state index contributed by atoms with van der Waals surface area (Å²) in [6.45, 7) is 1.78. The van der Waals surface area contributed by atoms with Crippen LogP contribution in [0, 0.1) is 6.92 Å². The molecule has 0 spiro atoms. The maximum absolute atomic E-state index is 11.9. The lowest BCUT2D eigenvalue weighted by Gasteiger charge is -2.04. The zero-order chi connectivity index (χ0) is 13.2. The van der Waals surface area contributed by atoms with E-state index >= 15 is 0 Å². The number of pyridine rings is 1. The first-order valence-electron chi connectivity index (χ1n) is 5.01. The van der Waals surface area contributed by atoms with E-state index in [9.17, 15) is 8.42 Å². The smallest absolute Gasteiger partial charge is 0.241 e. The molecule has 2 rings (SSSR count). The third-order valence-corrected chi connectivity index (χ3v) is 3.73. The van der Waals surface area contributed by atoms with Gasteiger partial charge in [0.25, 0.3) is 0 Å². The van der Waals surface area contributed by atoms with Crippen LogP contribution in [-0.4, -0.2) is 18.6 Å². The van der Waals surface area contributed by atoms with E-state index in [1.54, 1.807) is 13.0 Å². The van der Waals surface area contributed by atoms with Gasteiger partial charge >= 0.3 is 0 Å². The molecule has 0 aliphatic carbocycles. The van der Waals surface area contributed by atoms with Crippen molar-refractivity contribution < 1.29 is 12.9 Å². The van der Waals surface area contributed by atoms with Gasteiger partial charge in [-0.15, -0.1) is 0 Å². The lowest BCUT2D eigenvalue weighted by molar-refractivity contribution is 0.377. The van der Waals surface area contributed by atoms with Gasteiger partial charge in [0.2, 0.25) is 10.0 Å². The number of halogens is 1. The Hall–Kier alpha value is -1.44. The summed E-state index contributed by atoms with van der Waals surface area (Å²) >= 11 is 5.64. The molecule has 0 aliphatic rings. The van der Waals surface area contributed by atoms with Gasteiger partial charge in [0, 0.05) is 12.3 Å². The molecule has 2 aromatic rings. The molecular weight excluding hydrogens is 278 g/mol. The fourth-order valence-corrected chi connectivity index (χ4v) is 2.55. The number of nitrogens with zero attached hydrogens (tertiary/aromatic N) is 2. The van der Waals surface area contributed by atoms with E-state index in [-0.39, 0.29) is 16.6 Å². The monoisotopic (exact) mass is 287 g/mol. The van der Waals surface area contributed by atoms with Gasteiger partial charge in [0.05, 0.1) is 17.1 Å². The largest absolute Gasteiger partial charge is 0.360 e. The van der Waals surface area contributed by atoms with E-state index in [1.807, 2.05) is 0 Å². The minimum absolute atomic E-state index is 0.0309. The van der Waals surface area contributed by atoms with E-state index < -0.39 is 10.0 Å². The van der Waals surface area contributed by atoms with E-state index in [4.69, 9.17) is 16.1 Å². The summed E-state index contributed by atoms with van der Waals surface area (Å²) in [7, 11) is -3.63. The molecule has 8 heteroatoms. The SMILES string of the molecule is Cc1cc(CNS(=O)(=O)c2ccnc(Cl)c2)on1. The van der Waals surface area contributed by atoms with Crippen LogP contribution in [0.15, 0.2) is 33.8 Å². The lowest BCUT2D eigenvalue weighted by Crippen LogP contribution is -2.23. The summed E-state index contributed by atoms with van der Waals surface area (Å²) in [6.07, 6.45) is 1.33. The van der Waals surface area contributed by atoms with Crippen molar-refractivity contribution in [3.05, 3.63) is 41.0 Å². The molecule has 0 fully saturated rings. The molecule has 0 atom stereocenters. The third kappa shape index (κ3) is 3.06. The van der Waals surface area contributed by atoms with E-state index in [0.29, 0.717) is 11.5 Å². The second-order valence-electron chi connectivity index (χ2n) is 3.57. The Morgan fingerprint density at radius 1 is 1.44 bits per heavy atom. The Balaban J connectivity index is 2.13. The van der Waals surface area contributed by atoms with Crippen LogP contribution in [-0.2, 0) is 16.6 Å². The number of rotatable bonds is 4. The number of aromatic nitrogens is 2. The summed E-state index contributed by atoms with van der Waals surface area (Å²) in [5, 5.41) is 3.78. The molecule has 1 N–H and O–H groups in total. The van der Waals surface area contributed by atoms with Crippen molar-refractivity contribution >= 4 is 21.6 Å². The van der Waals surface area contributed by atoms with E-state index in [0.717, 1.165) is 0 Å². The minimum atomic E-state index is -3.63. The second-order valence-corrected chi connectivity index (χ2v) is 5.73. The van der Waals surface area contributed by atoms with Crippen LogP contribution in [0.5, 0.6) is 0 Å². The highest BCUT2D eigenvalue weighted by Gasteiger charge is 2.15. The zero-order valence-corrected chi connectivity index (χ0v) is 11.0. The second kappa shape index (κ2) is 5.05. The fourth-order valence-electron chi connectivity index (χ4n) is 1.30. The van der Waals surface area contributed by atoms with Crippen molar-refractivity contribution in [2.45, 2.75) is 18.4 Å². The minimum Gasteiger partial charge on any atom is -0.360 e. The highest BCUT2D eigenvalue weighted by Crippen LogP contribution is 2.13. The molecule has 0 unspecified atom stereocenters. The Morgan fingerprint density at radius 3 is 2.83 bits per heavy atom. The summed E-state index contributed by atoms with van der Waals surface area (Å²) in [6, 6.07) is 4.29. The van der Waals surface area contributed by atoms with Gasteiger partial charge in [-0.05, 0) is 19.1 Å². The van der Waals surface area contributed by atoms with Crippen LogP contribution in [0.25, 0.3) is 0 Å². The van der Waals surface area contributed by atoms with E-state index in [1.165, 1.54) is 18.3 Å². The maximum atomic E-state index is 11.9. The number of aryl methyl sites for hydroxylation is 1. The maximum Gasteiger partial charge on any atom is 0.241 e. The van der Waals surface area contributed by atoms with Crippen LogP contribution in [0.3, 0.4) is 0 Å². The van der Waals surface area contributed by atoms with Gasteiger partial charge in [0.1, 0.15) is 5.15 Å². The predicted octanol–water partition coefficient (Wildman–Crippen LogP) is 1.51. The van der Waals surface area contributed by atoms with Crippen LogP contribution >= 0.6 is 11.6 Å². The topological polar surface area (TPSA) is 85.1 Å².